The first-order chi connectivity index (χ1) is 10.1. The Labute approximate surface area is 126 Å². The van der Waals surface area contributed by atoms with Gasteiger partial charge < -0.3 is 5.11 Å². The molecule has 2 fully saturated rings. The third-order valence-electron chi connectivity index (χ3n) is 5.32. The summed E-state index contributed by atoms with van der Waals surface area (Å²) >= 11 is 0. The molecule has 3 rings (SSSR count). The fourth-order valence-corrected chi connectivity index (χ4v) is 3.69. The molecule has 1 aromatic rings. The van der Waals surface area contributed by atoms with E-state index >= 15 is 0 Å². The van der Waals surface area contributed by atoms with Crippen molar-refractivity contribution in [2.24, 2.45) is 5.92 Å². The molecule has 4 heteroatoms. The largest absolute Gasteiger partial charge is 0.382 e. The summed E-state index contributed by atoms with van der Waals surface area (Å²) in [5, 5.41) is 15.1. The maximum Gasteiger partial charge on any atom is 0.170 e. The molecule has 0 saturated heterocycles. The van der Waals surface area contributed by atoms with Gasteiger partial charge in [-0.05, 0) is 50.5 Å². The molecular weight excluding hydrogens is 264 g/mol. The predicted molar refractivity (Wildman–Crippen MR) is 81.0 cm³/mol. The van der Waals surface area contributed by atoms with Crippen LogP contribution in [0.25, 0.3) is 0 Å². The molecule has 0 amide bonds. The minimum Gasteiger partial charge on any atom is -0.382 e. The normalized spacial score (nSPS) is 30.7. The summed E-state index contributed by atoms with van der Waals surface area (Å²) in [4.78, 5) is 12.4. The number of rotatable bonds is 4. The van der Waals surface area contributed by atoms with E-state index in [1.807, 2.05) is 16.9 Å². The zero-order chi connectivity index (χ0) is 14.9. The number of aliphatic hydroxyl groups is 1. The number of nitrogens with zero attached hydrogens (tertiary/aromatic N) is 2. The Morgan fingerprint density at radius 1 is 1.33 bits per heavy atom. The third kappa shape index (κ3) is 3.20. The first kappa shape index (κ1) is 14.8. The SMILES string of the molecule is CC1CCC(O)(C(=O)Cc2ccn(C3CCCC3)n2)CC1. The molecule has 4 nitrogen and oxygen atoms in total. The molecule has 0 aromatic carbocycles. The van der Waals surface area contributed by atoms with Crippen molar-refractivity contribution in [3.8, 4) is 0 Å². The predicted octanol–water partition coefficient (Wildman–Crippen LogP) is 3.05. The lowest BCUT2D eigenvalue weighted by Gasteiger charge is -2.33. The fraction of sp³-hybridized carbons (Fsp3) is 0.765. The van der Waals surface area contributed by atoms with Crippen LogP contribution in [0.2, 0.25) is 0 Å². The molecular formula is C17H26N2O2. The molecule has 2 aliphatic rings. The van der Waals surface area contributed by atoms with E-state index in [4.69, 9.17) is 0 Å². The van der Waals surface area contributed by atoms with Crippen molar-refractivity contribution in [1.82, 2.24) is 9.78 Å². The van der Waals surface area contributed by atoms with Gasteiger partial charge in [0.1, 0.15) is 5.60 Å². The summed E-state index contributed by atoms with van der Waals surface area (Å²) in [5.74, 6) is 0.575. The first-order valence-corrected chi connectivity index (χ1v) is 8.36. The number of carbonyl (C=O) groups is 1. The first-order valence-electron chi connectivity index (χ1n) is 8.36. The standard InChI is InChI=1S/C17H26N2O2/c1-13-6-9-17(21,10-7-13)16(20)12-14-8-11-19(18-14)15-4-2-3-5-15/h8,11,13,15,21H,2-7,9-10,12H2,1H3. The van der Waals surface area contributed by atoms with Crippen molar-refractivity contribution >= 4 is 5.78 Å². The lowest BCUT2D eigenvalue weighted by atomic mass is 9.76. The highest BCUT2D eigenvalue weighted by molar-refractivity contribution is 5.88. The van der Waals surface area contributed by atoms with Gasteiger partial charge in [0.2, 0.25) is 0 Å². The second kappa shape index (κ2) is 5.91. The van der Waals surface area contributed by atoms with Crippen molar-refractivity contribution in [3.63, 3.8) is 0 Å². The third-order valence-corrected chi connectivity index (χ3v) is 5.32. The van der Waals surface area contributed by atoms with Crippen molar-refractivity contribution in [2.75, 3.05) is 0 Å². The van der Waals surface area contributed by atoms with Crippen LogP contribution in [0.3, 0.4) is 0 Å². The van der Waals surface area contributed by atoms with Gasteiger partial charge in [0.25, 0.3) is 0 Å². The van der Waals surface area contributed by atoms with Crippen LogP contribution in [-0.2, 0) is 11.2 Å². The zero-order valence-corrected chi connectivity index (χ0v) is 12.9. The van der Waals surface area contributed by atoms with Crippen molar-refractivity contribution < 1.29 is 9.90 Å². The molecule has 116 valence electrons. The van der Waals surface area contributed by atoms with Crippen molar-refractivity contribution in [3.05, 3.63) is 18.0 Å². The van der Waals surface area contributed by atoms with Gasteiger partial charge in [0.05, 0.1) is 18.2 Å². The Balaban J connectivity index is 1.62. The van der Waals surface area contributed by atoms with Gasteiger partial charge in [-0.25, -0.2) is 0 Å². The van der Waals surface area contributed by atoms with Gasteiger partial charge in [0, 0.05) is 6.20 Å². The van der Waals surface area contributed by atoms with E-state index in [0.29, 0.717) is 24.8 Å². The van der Waals surface area contributed by atoms with Crippen molar-refractivity contribution in [1.29, 1.82) is 0 Å². The zero-order valence-electron chi connectivity index (χ0n) is 12.9. The Morgan fingerprint density at radius 3 is 2.67 bits per heavy atom. The maximum absolute atomic E-state index is 12.4. The Hall–Kier alpha value is -1.16. The van der Waals surface area contributed by atoms with Gasteiger partial charge in [-0.3, -0.25) is 9.48 Å². The highest BCUT2D eigenvalue weighted by Crippen LogP contribution is 2.33. The highest BCUT2D eigenvalue weighted by Gasteiger charge is 2.38. The molecule has 2 aliphatic carbocycles. The Kier molecular flexibility index (Phi) is 4.16. The van der Waals surface area contributed by atoms with Crippen LogP contribution in [-0.4, -0.2) is 26.3 Å². The Morgan fingerprint density at radius 2 is 2.00 bits per heavy atom. The minimum atomic E-state index is -1.11. The lowest BCUT2D eigenvalue weighted by Crippen LogP contribution is -2.42. The van der Waals surface area contributed by atoms with E-state index in [1.54, 1.807) is 0 Å². The van der Waals surface area contributed by atoms with E-state index in [-0.39, 0.29) is 12.2 Å². The van der Waals surface area contributed by atoms with Gasteiger partial charge in [-0.2, -0.15) is 5.10 Å². The molecule has 2 saturated carbocycles. The summed E-state index contributed by atoms with van der Waals surface area (Å²) in [5.41, 5.74) is -0.303. The van der Waals surface area contributed by atoms with Crippen LogP contribution in [0.1, 0.15) is 70.0 Å². The molecule has 0 aliphatic heterocycles. The number of ketones is 1. The highest BCUT2D eigenvalue weighted by atomic mass is 16.3. The molecule has 1 N–H and O–H groups in total. The van der Waals surface area contributed by atoms with Gasteiger partial charge >= 0.3 is 0 Å². The molecule has 0 unspecified atom stereocenters. The van der Waals surface area contributed by atoms with E-state index < -0.39 is 5.60 Å². The van der Waals surface area contributed by atoms with Crippen LogP contribution < -0.4 is 0 Å². The summed E-state index contributed by atoms with van der Waals surface area (Å²) in [6.45, 7) is 2.19. The fourth-order valence-electron chi connectivity index (χ4n) is 3.69. The average molecular weight is 290 g/mol. The van der Waals surface area contributed by atoms with Gasteiger partial charge in [-0.1, -0.05) is 19.8 Å². The average Bonchev–Trinajstić information content (AvgIpc) is 3.12. The molecule has 1 aromatic heterocycles. The smallest absolute Gasteiger partial charge is 0.170 e. The number of hydrogen-bond acceptors (Lipinski definition) is 3. The molecule has 0 bridgehead atoms. The maximum atomic E-state index is 12.4. The number of aromatic nitrogens is 2. The topological polar surface area (TPSA) is 55.1 Å². The molecule has 0 atom stereocenters. The number of carbonyl (C=O) groups excluding carboxylic acids is 1. The molecule has 0 spiro atoms. The van der Waals surface area contributed by atoms with Crippen LogP contribution in [0, 0.1) is 5.92 Å². The van der Waals surface area contributed by atoms with E-state index in [0.717, 1.165) is 18.5 Å². The summed E-state index contributed by atoms with van der Waals surface area (Å²) in [6.07, 6.45) is 10.3. The monoisotopic (exact) mass is 290 g/mol. The van der Waals surface area contributed by atoms with E-state index in [1.165, 1.54) is 25.7 Å². The molecule has 1 heterocycles. The van der Waals surface area contributed by atoms with Crippen LogP contribution >= 0.6 is 0 Å². The molecule has 0 radical (unpaired) electrons. The second-order valence-electron chi connectivity index (χ2n) is 7.04. The number of hydrogen-bond donors (Lipinski definition) is 1. The number of Topliss-reactive ketones (excluding diaryl/α,β-unsaturated/α-hetero) is 1. The quantitative estimate of drug-likeness (QED) is 0.927. The Bertz CT molecular complexity index is 495. The summed E-state index contributed by atoms with van der Waals surface area (Å²) in [7, 11) is 0. The van der Waals surface area contributed by atoms with Gasteiger partial charge in [0.15, 0.2) is 5.78 Å². The van der Waals surface area contributed by atoms with Gasteiger partial charge in [-0.15, -0.1) is 0 Å². The minimum absolute atomic E-state index is 0.0499. The van der Waals surface area contributed by atoms with Crippen LogP contribution in [0.5, 0.6) is 0 Å². The van der Waals surface area contributed by atoms with Crippen molar-refractivity contribution in [2.45, 2.75) is 76.4 Å². The van der Waals surface area contributed by atoms with Crippen LogP contribution in [0.4, 0.5) is 0 Å². The summed E-state index contributed by atoms with van der Waals surface area (Å²) in [6, 6.07) is 2.44. The second-order valence-corrected chi connectivity index (χ2v) is 7.04. The van der Waals surface area contributed by atoms with E-state index in [2.05, 4.69) is 12.0 Å². The molecule has 21 heavy (non-hydrogen) atoms. The summed E-state index contributed by atoms with van der Waals surface area (Å²) < 4.78 is 2.02. The van der Waals surface area contributed by atoms with E-state index in [9.17, 15) is 9.90 Å². The van der Waals surface area contributed by atoms with Crippen LogP contribution in [0.15, 0.2) is 12.3 Å². The lowest BCUT2D eigenvalue weighted by molar-refractivity contribution is -0.140.